The highest BCUT2D eigenvalue weighted by molar-refractivity contribution is 5.97. The third-order valence-electron chi connectivity index (χ3n) is 6.92. The van der Waals surface area contributed by atoms with Crippen LogP contribution in [-0.2, 0) is 15.7 Å². The monoisotopic (exact) mass is 536 g/mol. The number of alkyl halides is 3. The lowest BCUT2D eigenvalue weighted by molar-refractivity contribution is -0.137. The van der Waals surface area contributed by atoms with Gasteiger partial charge in [-0.25, -0.2) is 4.39 Å². The van der Waals surface area contributed by atoms with Crippen LogP contribution in [-0.4, -0.2) is 86.7 Å². The summed E-state index contributed by atoms with van der Waals surface area (Å²) in [4.78, 5) is 29.7. The van der Waals surface area contributed by atoms with Crippen LogP contribution in [0.15, 0.2) is 48.5 Å². The van der Waals surface area contributed by atoms with E-state index in [1.165, 1.54) is 12.1 Å². The molecule has 0 spiro atoms. The highest BCUT2D eigenvalue weighted by atomic mass is 19.4. The van der Waals surface area contributed by atoms with Crippen LogP contribution in [0, 0.1) is 5.82 Å². The molecule has 2 N–H and O–H groups in total. The van der Waals surface area contributed by atoms with Gasteiger partial charge in [0.05, 0.1) is 18.8 Å². The number of likely N-dealkylation sites (N-methyl/N-ethyl adjacent to an activating group) is 1. The zero-order valence-corrected chi connectivity index (χ0v) is 21.1. The number of carbonyl (C=O) groups excluding carboxylic acids is 2. The first-order valence-corrected chi connectivity index (χ1v) is 12.6. The molecule has 1 aliphatic carbocycles. The molecular formula is C27H32F4N4O3. The van der Waals surface area contributed by atoms with Crippen molar-refractivity contribution in [1.82, 2.24) is 20.4 Å². The molecule has 38 heavy (non-hydrogen) atoms. The zero-order valence-electron chi connectivity index (χ0n) is 21.1. The van der Waals surface area contributed by atoms with Gasteiger partial charge in [0.15, 0.2) is 0 Å². The Balaban J connectivity index is 1.29. The first-order chi connectivity index (χ1) is 18.1. The van der Waals surface area contributed by atoms with E-state index in [1.54, 1.807) is 17.0 Å². The lowest BCUT2D eigenvalue weighted by Crippen LogP contribution is -2.55. The summed E-state index contributed by atoms with van der Waals surface area (Å²) in [5.74, 6) is -0.874. The topological polar surface area (TPSA) is 73.9 Å². The Morgan fingerprint density at radius 3 is 2.32 bits per heavy atom. The molecule has 1 aliphatic heterocycles. The normalized spacial score (nSPS) is 20.7. The second-order valence-corrected chi connectivity index (χ2v) is 9.76. The molecule has 0 radical (unpaired) electrons. The minimum atomic E-state index is -4.50. The van der Waals surface area contributed by atoms with Crippen molar-refractivity contribution >= 4 is 11.8 Å². The molecule has 1 heterocycles. The number of piperazine rings is 1. The molecule has 2 amide bonds. The third kappa shape index (κ3) is 7.52. The second kappa shape index (κ2) is 12.2. The first-order valence-electron chi connectivity index (χ1n) is 12.6. The van der Waals surface area contributed by atoms with Crippen molar-refractivity contribution in [1.29, 1.82) is 0 Å². The summed E-state index contributed by atoms with van der Waals surface area (Å²) in [5.41, 5.74) is 0.248. The maximum absolute atomic E-state index is 13.2. The van der Waals surface area contributed by atoms with Crippen molar-refractivity contribution < 1.29 is 31.9 Å². The highest BCUT2D eigenvalue weighted by Gasteiger charge is 2.37. The molecular weight excluding hydrogens is 504 g/mol. The maximum atomic E-state index is 13.2. The number of carbonyl (C=O) groups is 2. The molecule has 7 nitrogen and oxygen atoms in total. The van der Waals surface area contributed by atoms with Crippen molar-refractivity contribution in [2.45, 2.75) is 30.6 Å². The predicted octanol–water partition coefficient (Wildman–Crippen LogP) is 2.88. The van der Waals surface area contributed by atoms with Crippen LogP contribution in [0.4, 0.5) is 17.6 Å². The van der Waals surface area contributed by atoms with Crippen LogP contribution in [0.25, 0.3) is 0 Å². The number of benzene rings is 2. The quantitative estimate of drug-likeness (QED) is 0.361. The Morgan fingerprint density at radius 1 is 1.03 bits per heavy atom. The van der Waals surface area contributed by atoms with E-state index in [0.29, 0.717) is 45.2 Å². The van der Waals surface area contributed by atoms with Crippen LogP contribution >= 0.6 is 0 Å². The Bertz CT molecular complexity index is 1090. The molecule has 0 unspecified atom stereocenters. The van der Waals surface area contributed by atoms with E-state index in [-0.39, 0.29) is 29.9 Å². The SMILES string of the molecule is CN1CCN(C(=O)[C@H](COCCN[C@@H]2C[C@H]2c2ccc(F)cc2)NC(=O)c2ccc(C(F)(F)F)cc2)CC1. The van der Waals surface area contributed by atoms with E-state index in [1.807, 2.05) is 7.05 Å². The number of halogens is 4. The van der Waals surface area contributed by atoms with Gasteiger partial charge in [-0.1, -0.05) is 12.1 Å². The van der Waals surface area contributed by atoms with Crippen molar-refractivity contribution in [3.8, 4) is 0 Å². The average molecular weight is 537 g/mol. The highest BCUT2D eigenvalue weighted by Crippen LogP contribution is 2.40. The van der Waals surface area contributed by atoms with Gasteiger partial charge >= 0.3 is 6.18 Å². The van der Waals surface area contributed by atoms with Gasteiger partial charge in [-0.2, -0.15) is 13.2 Å². The molecule has 1 saturated heterocycles. The van der Waals surface area contributed by atoms with Gasteiger partial charge in [0.2, 0.25) is 5.91 Å². The maximum Gasteiger partial charge on any atom is 0.416 e. The van der Waals surface area contributed by atoms with Crippen LogP contribution < -0.4 is 10.6 Å². The van der Waals surface area contributed by atoms with Gasteiger partial charge < -0.3 is 25.2 Å². The van der Waals surface area contributed by atoms with E-state index < -0.39 is 23.7 Å². The van der Waals surface area contributed by atoms with E-state index in [4.69, 9.17) is 4.74 Å². The number of hydrogen-bond acceptors (Lipinski definition) is 5. The zero-order chi connectivity index (χ0) is 27.3. The van der Waals surface area contributed by atoms with E-state index in [9.17, 15) is 27.2 Å². The number of nitrogens with one attached hydrogen (secondary N) is 2. The minimum Gasteiger partial charge on any atom is -0.377 e. The fourth-order valence-electron chi connectivity index (χ4n) is 4.49. The fraction of sp³-hybridized carbons (Fsp3) is 0.481. The number of hydrogen-bond donors (Lipinski definition) is 2. The van der Waals surface area contributed by atoms with Crippen molar-refractivity contribution in [2.75, 3.05) is 53.0 Å². The largest absolute Gasteiger partial charge is 0.416 e. The van der Waals surface area contributed by atoms with Gasteiger partial charge in [0.1, 0.15) is 11.9 Å². The molecule has 2 aromatic carbocycles. The van der Waals surface area contributed by atoms with Gasteiger partial charge in [-0.15, -0.1) is 0 Å². The predicted molar refractivity (Wildman–Crippen MR) is 133 cm³/mol. The summed E-state index contributed by atoms with van der Waals surface area (Å²) in [7, 11) is 1.96. The number of rotatable bonds is 10. The summed E-state index contributed by atoms with van der Waals surface area (Å²) < 4.78 is 57.4. The summed E-state index contributed by atoms with van der Waals surface area (Å²) in [6, 6.07) is 9.62. The van der Waals surface area contributed by atoms with Gasteiger partial charge in [0.25, 0.3) is 5.91 Å². The minimum absolute atomic E-state index is 0.0245. The van der Waals surface area contributed by atoms with Crippen molar-refractivity contribution in [3.05, 3.63) is 71.0 Å². The molecule has 0 aromatic heterocycles. The Morgan fingerprint density at radius 2 is 1.68 bits per heavy atom. The molecule has 1 saturated carbocycles. The Labute approximate surface area is 219 Å². The van der Waals surface area contributed by atoms with Gasteiger partial charge in [0, 0.05) is 50.2 Å². The molecule has 4 rings (SSSR count). The van der Waals surface area contributed by atoms with E-state index in [2.05, 4.69) is 15.5 Å². The smallest absolute Gasteiger partial charge is 0.377 e. The number of nitrogens with zero attached hydrogens (tertiary/aromatic N) is 2. The first kappa shape index (κ1) is 28.0. The lowest BCUT2D eigenvalue weighted by Gasteiger charge is -2.34. The third-order valence-corrected chi connectivity index (χ3v) is 6.92. The Hall–Kier alpha value is -3.02. The molecule has 2 fully saturated rings. The standard InChI is InChI=1S/C27H32F4N4O3/c1-34-11-13-35(14-12-34)26(37)24(33-25(36)19-2-6-20(7-3-19)27(29,30)31)17-38-15-10-32-23-16-22(23)18-4-8-21(28)9-5-18/h2-9,22-24,32H,10-17H2,1H3,(H,33,36)/t22-,23+,24-/m0/s1. The average Bonchev–Trinajstić information content (AvgIpc) is 3.67. The summed E-state index contributed by atoms with van der Waals surface area (Å²) in [6.07, 6.45) is -3.56. The van der Waals surface area contributed by atoms with Crippen LogP contribution in [0.2, 0.25) is 0 Å². The summed E-state index contributed by atoms with van der Waals surface area (Å²) in [6.45, 7) is 3.19. The molecule has 0 bridgehead atoms. The van der Waals surface area contributed by atoms with Crippen LogP contribution in [0.1, 0.15) is 33.8 Å². The van der Waals surface area contributed by atoms with Crippen molar-refractivity contribution in [2.24, 2.45) is 0 Å². The lowest BCUT2D eigenvalue weighted by atomic mass is 10.1. The molecule has 206 valence electrons. The molecule has 2 aliphatic rings. The van der Waals surface area contributed by atoms with Crippen LogP contribution in [0.5, 0.6) is 0 Å². The van der Waals surface area contributed by atoms with Gasteiger partial charge in [-0.05, 0) is 55.4 Å². The van der Waals surface area contributed by atoms with E-state index in [0.717, 1.165) is 36.2 Å². The van der Waals surface area contributed by atoms with Gasteiger partial charge in [-0.3, -0.25) is 9.59 Å². The van der Waals surface area contributed by atoms with Crippen LogP contribution in [0.3, 0.4) is 0 Å². The summed E-state index contributed by atoms with van der Waals surface area (Å²) in [5, 5.41) is 6.02. The fourth-order valence-corrected chi connectivity index (χ4v) is 4.49. The molecule has 2 aromatic rings. The molecule has 3 atom stereocenters. The molecule has 11 heteroatoms. The number of amides is 2. The number of ether oxygens (including phenoxy) is 1. The Kier molecular flexibility index (Phi) is 9.01. The second-order valence-electron chi connectivity index (χ2n) is 9.76. The van der Waals surface area contributed by atoms with E-state index >= 15 is 0 Å². The van der Waals surface area contributed by atoms with Crippen molar-refractivity contribution in [3.63, 3.8) is 0 Å². The summed E-state index contributed by atoms with van der Waals surface area (Å²) >= 11 is 0.